The summed E-state index contributed by atoms with van der Waals surface area (Å²) in [4.78, 5) is 29.5. The summed E-state index contributed by atoms with van der Waals surface area (Å²) >= 11 is 12.5. The van der Waals surface area contributed by atoms with Gasteiger partial charge in [0.25, 0.3) is 10.0 Å². The molecule has 5 rings (SSSR count). The molecule has 44 heavy (non-hydrogen) atoms. The normalized spacial score (nSPS) is 14.0. The van der Waals surface area contributed by atoms with Crippen LogP contribution in [0.5, 0.6) is 0 Å². The van der Waals surface area contributed by atoms with Crippen molar-refractivity contribution in [3.8, 4) is 0 Å². The molecular weight excluding hydrogens is 617 g/mol. The van der Waals surface area contributed by atoms with Crippen molar-refractivity contribution >= 4 is 61.5 Å². The molecule has 1 N–H and O–H groups in total. The number of carbonyl (C=O) groups excluding carboxylic acids is 2. The predicted molar refractivity (Wildman–Crippen MR) is 177 cm³/mol. The number of carbonyl (C=O) groups is 2. The van der Waals surface area contributed by atoms with Gasteiger partial charge in [0, 0.05) is 37.9 Å². The highest BCUT2D eigenvalue weighted by atomic mass is 35.5. The maximum atomic E-state index is 14.0. The van der Waals surface area contributed by atoms with E-state index < -0.39 is 16.1 Å². The first-order valence-corrected chi connectivity index (χ1v) is 17.0. The van der Waals surface area contributed by atoms with Gasteiger partial charge < -0.3 is 10.2 Å². The maximum absolute atomic E-state index is 14.0. The Morgan fingerprint density at radius 3 is 2.36 bits per heavy atom. The highest BCUT2D eigenvalue weighted by molar-refractivity contribution is 7.93. The molecule has 0 saturated carbocycles. The average molecular weight is 653 g/mol. The highest BCUT2D eigenvalue weighted by Crippen LogP contribution is 2.42. The fraction of sp³-hybridized carbons (Fsp3) is 0.294. The van der Waals surface area contributed by atoms with Crippen molar-refractivity contribution in [1.29, 1.82) is 0 Å². The highest BCUT2D eigenvalue weighted by Gasteiger charge is 2.36. The lowest BCUT2D eigenvalue weighted by Crippen LogP contribution is -2.50. The van der Waals surface area contributed by atoms with Gasteiger partial charge in [0.2, 0.25) is 11.8 Å². The molecule has 0 unspecified atom stereocenters. The lowest BCUT2D eigenvalue weighted by molar-refractivity contribution is -0.141. The molecule has 0 saturated heterocycles. The van der Waals surface area contributed by atoms with E-state index in [4.69, 9.17) is 23.2 Å². The van der Waals surface area contributed by atoms with Gasteiger partial charge in [-0.05, 0) is 53.6 Å². The molecule has 4 aromatic rings. The number of anilines is 1. The van der Waals surface area contributed by atoms with Gasteiger partial charge in [-0.2, -0.15) is 0 Å². The van der Waals surface area contributed by atoms with E-state index in [0.29, 0.717) is 34.1 Å². The quantitative estimate of drug-likeness (QED) is 0.158. The summed E-state index contributed by atoms with van der Waals surface area (Å²) in [6.45, 7) is 2.83. The van der Waals surface area contributed by atoms with E-state index >= 15 is 0 Å². The Morgan fingerprint density at radius 2 is 1.64 bits per heavy atom. The second-order valence-electron chi connectivity index (χ2n) is 10.9. The standard InChI is InChI=1S/C34H35Cl2N3O4S/c1-2-3-19-37-34(41)30(22-24-10-5-4-6-11-24)38(23-25-17-18-27(35)28(36)21-25)32(40)16-9-20-39-29-14-7-12-26-13-8-15-31(33(26)29)44(39,42)43/h4-8,10-15,17-18,21,30H,2-3,9,16,19-20,22-23H2,1H3,(H,37,41)/t30-/m0/s1. The lowest BCUT2D eigenvalue weighted by Gasteiger charge is -2.32. The largest absolute Gasteiger partial charge is 0.354 e. The van der Waals surface area contributed by atoms with Crippen LogP contribution in [0.1, 0.15) is 43.7 Å². The summed E-state index contributed by atoms with van der Waals surface area (Å²) in [5.41, 5.74) is 2.27. The van der Waals surface area contributed by atoms with E-state index in [-0.39, 0.29) is 42.6 Å². The number of nitrogens with one attached hydrogen (secondary N) is 1. The van der Waals surface area contributed by atoms with Gasteiger partial charge in [-0.25, -0.2) is 8.42 Å². The Kier molecular flexibility index (Phi) is 10.1. The van der Waals surface area contributed by atoms with Crippen LogP contribution < -0.4 is 9.62 Å². The molecule has 0 aromatic heterocycles. The van der Waals surface area contributed by atoms with Crippen LogP contribution in [0.4, 0.5) is 5.69 Å². The lowest BCUT2D eigenvalue weighted by atomic mass is 10.0. The number of amides is 2. The number of hydrogen-bond donors (Lipinski definition) is 1. The second-order valence-corrected chi connectivity index (χ2v) is 13.6. The van der Waals surface area contributed by atoms with Crippen molar-refractivity contribution in [2.45, 2.75) is 56.5 Å². The minimum absolute atomic E-state index is 0.0488. The van der Waals surface area contributed by atoms with E-state index in [1.54, 1.807) is 41.3 Å². The van der Waals surface area contributed by atoms with Crippen molar-refractivity contribution in [2.75, 3.05) is 17.4 Å². The summed E-state index contributed by atoms with van der Waals surface area (Å²) in [5.74, 6) is -0.491. The maximum Gasteiger partial charge on any atom is 0.265 e. The first kappa shape index (κ1) is 31.8. The van der Waals surface area contributed by atoms with E-state index in [9.17, 15) is 18.0 Å². The molecule has 0 bridgehead atoms. The first-order chi connectivity index (χ1) is 21.2. The smallest absolute Gasteiger partial charge is 0.265 e. The fourth-order valence-electron chi connectivity index (χ4n) is 5.61. The van der Waals surface area contributed by atoms with Crippen molar-refractivity contribution in [3.05, 3.63) is 106 Å². The number of sulfonamides is 1. The summed E-state index contributed by atoms with van der Waals surface area (Å²) in [5, 5.41) is 5.32. The van der Waals surface area contributed by atoms with Gasteiger partial charge in [0.05, 0.1) is 20.6 Å². The Labute approximate surface area is 268 Å². The Bertz CT molecular complexity index is 1760. The third kappa shape index (κ3) is 6.88. The minimum Gasteiger partial charge on any atom is -0.354 e. The van der Waals surface area contributed by atoms with E-state index in [1.807, 2.05) is 55.5 Å². The Hall–Kier alpha value is -3.59. The van der Waals surface area contributed by atoms with Crippen LogP contribution in [0.3, 0.4) is 0 Å². The molecule has 1 heterocycles. The van der Waals surface area contributed by atoms with Gasteiger partial charge in [-0.1, -0.05) is 97.2 Å². The molecule has 230 valence electrons. The molecule has 2 amide bonds. The number of nitrogens with zero attached hydrogens (tertiary/aromatic N) is 2. The molecule has 1 aliphatic rings. The monoisotopic (exact) mass is 651 g/mol. The van der Waals surface area contributed by atoms with Crippen molar-refractivity contribution in [2.24, 2.45) is 0 Å². The SMILES string of the molecule is CCCCNC(=O)[C@H](Cc1ccccc1)N(Cc1ccc(Cl)c(Cl)c1)C(=O)CCCN1c2cccc3cccc(c23)S1(=O)=O. The Balaban J connectivity index is 1.40. The summed E-state index contributed by atoms with van der Waals surface area (Å²) in [6.07, 6.45) is 2.39. The minimum atomic E-state index is -3.74. The number of benzene rings is 4. The van der Waals surface area contributed by atoms with E-state index in [0.717, 1.165) is 29.4 Å². The first-order valence-electron chi connectivity index (χ1n) is 14.8. The molecule has 10 heteroatoms. The molecule has 0 fully saturated rings. The van der Waals surface area contributed by atoms with Crippen LogP contribution in [-0.2, 0) is 32.6 Å². The number of rotatable bonds is 13. The molecule has 1 atom stereocenters. The molecule has 7 nitrogen and oxygen atoms in total. The van der Waals surface area contributed by atoms with Crippen molar-refractivity contribution in [3.63, 3.8) is 0 Å². The van der Waals surface area contributed by atoms with Crippen LogP contribution in [0.15, 0.2) is 89.8 Å². The summed E-state index contributed by atoms with van der Waals surface area (Å²) < 4.78 is 28.3. The van der Waals surface area contributed by atoms with Crippen molar-refractivity contribution in [1.82, 2.24) is 10.2 Å². The molecule has 0 aliphatic carbocycles. The molecule has 1 aliphatic heterocycles. The van der Waals surface area contributed by atoms with Crippen LogP contribution in [-0.4, -0.2) is 44.3 Å². The molecule has 0 radical (unpaired) electrons. The number of halogens is 2. The van der Waals surface area contributed by atoms with Gasteiger partial charge in [0.1, 0.15) is 6.04 Å². The van der Waals surface area contributed by atoms with Crippen LogP contribution in [0.2, 0.25) is 10.0 Å². The van der Waals surface area contributed by atoms with Crippen LogP contribution in [0.25, 0.3) is 10.8 Å². The van der Waals surface area contributed by atoms with Gasteiger partial charge in [-0.15, -0.1) is 0 Å². The number of hydrogen-bond acceptors (Lipinski definition) is 4. The van der Waals surface area contributed by atoms with E-state index in [2.05, 4.69) is 5.32 Å². The second kappa shape index (κ2) is 14.0. The van der Waals surface area contributed by atoms with Crippen LogP contribution >= 0.6 is 23.2 Å². The van der Waals surface area contributed by atoms with Crippen LogP contribution in [0, 0.1) is 0 Å². The molecule has 0 spiro atoms. The third-order valence-electron chi connectivity index (χ3n) is 7.87. The Morgan fingerprint density at radius 1 is 0.886 bits per heavy atom. The van der Waals surface area contributed by atoms with Gasteiger partial charge >= 0.3 is 0 Å². The summed E-state index contributed by atoms with van der Waals surface area (Å²) in [6, 6.07) is 24.7. The topological polar surface area (TPSA) is 86.8 Å². The molecule has 4 aromatic carbocycles. The fourth-order valence-corrected chi connectivity index (χ4v) is 7.68. The van der Waals surface area contributed by atoms with E-state index in [1.165, 1.54) is 4.31 Å². The average Bonchev–Trinajstić information content (AvgIpc) is 3.24. The summed E-state index contributed by atoms with van der Waals surface area (Å²) in [7, 11) is -3.74. The zero-order valence-electron chi connectivity index (χ0n) is 24.5. The number of unbranched alkanes of at least 4 members (excludes halogenated alkanes) is 1. The predicted octanol–water partition coefficient (Wildman–Crippen LogP) is 6.99. The zero-order valence-corrected chi connectivity index (χ0v) is 26.8. The third-order valence-corrected chi connectivity index (χ3v) is 10.5. The van der Waals surface area contributed by atoms with Gasteiger partial charge in [-0.3, -0.25) is 13.9 Å². The van der Waals surface area contributed by atoms with Gasteiger partial charge in [0.15, 0.2) is 0 Å². The van der Waals surface area contributed by atoms with Crippen molar-refractivity contribution < 1.29 is 18.0 Å². The molecular formula is C34H35Cl2N3O4S. The zero-order chi connectivity index (χ0) is 31.3.